The molecule has 3 nitrogen and oxygen atoms in total. The van der Waals surface area contributed by atoms with E-state index in [0.717, 1.165) is 10.4 Å². The third-order valence-electron chi connectivity index (χ3n) is 1.06. The van der Waals surface area contributed by atoms with Crippen LogP contribution in [0.15, 0.2) is 30.3 Å². The summed E-state index contributed by atoms with van der Waals surface area (Å²) in [4.78, 5) is 3.17. The molecule has 0 unspecified atom stereocenters. The molecule has 0 saturated heterocycles. The monoisotopic (exact) mass is 203 g/mol. The zero-order valence-electron chi connectivity index (χ0n) is 6.20. The molecule has 1 aromatic rings. The minimum Gasteiger partial charge on any atom is -0.419 e. The van der Waals surface area contributed by atoms with Crippen molar-refractivity contribution in [1.29, 1.82) is 0 Å². The first-order valence-corrected chi connectivity index (χ1v) is 5.34. The van der Waals surface area contributed by atoms with Gasteiger partial charge >= 0.3 is 25.7 Å². The van der Waals surface area contributed by atoms with E-state index in [-0.39, 0.29) is 0 Å². The second-order valence-electron chi connectivity index (χ2n) is 1.70. The van der Waals surface area contributed by atoms with Crippen LogP contribution in [-0.4, -0.2) is 10.4 Å². The average Bonchev–Trinajstić information content (AvgIpc) is 2.08. The largest absolute Gasteiger partial charge is 0.419 e. The molecule has 0 bridgehead atoms. The van der Waals surface area contributed by atoms with Crippen molar-refractivity contribution in [1.82, 2.24) is 0 Å². The summed E-state index contributed by atoms with van der Waals surface area (Å²) in [6.45, 7) is 0. The Morgan fingerprint density at radius 1 is 1.18 bits per heavy atom. The zero-order valence-corrected chi connectivity index (χ0v) is 9.76. The van der Waals surface area contributed by atoms with E-state index in [2.05, 4.69) is 17.1 Å². The second kappa shape index (κ2) is 7.66. The van der Waals surface area contributed by atoms with E-state index in [9.17, 15) is 0 Å². The fraction of sp³-hybridized carbons (Fsp3) is 0. The molecule has 0 amide bonds. The van der Waals surface area contributed by atoms with Gasteiger partial charge in [-0.15, -0.1) is 0 Å². The van der Waals surface area contributed by atoms with E-state index in [0.29, 0.717) is 0 Å². The van der Waals surface area contributed by atoms with Crippen LogP contribution in [0.25, 0.3) is 0 Å². The maximum atomic E-state index is 8.50. The molecule has 0 aliphatic carbocycles. The number of anilines is 1. The van der Waals surface area contributed by atoms with Crippen LogP contribution in [0.1, 0.15) is 0 Å². The standard InChI is InChI=1S/C6H9NSi.2O.Ti/c8-7-6-4-2-1-3-5-6;;;/h1-5,7H,8H3;;;. The van der Waals surface area contributed by atoms with Crippen LogP contribution in [0.2, 0.25) is 0 Å². The van der Waals surface area contributed by atoms with E-state index >= 15 is 0 Å². The maximum Gasteiger partial charge on any atom is 0.104 e. The Balaban J connectivity index is 0.000000292. The van der Waals surface area contributed by atoms with Gasteiger partial charge in [-0.05, 0) is 12.1 Å². The number of para-hydroxylation sites is 1. The van der Waals surface area contributed by atoms with Crippen LogP contribution >= 0.6 is 0 Å². The van der Waals surface area contributed by atoms with Crippen LogP contribution in [0.5, 0.6) is 0 Å². The predicted molar refractivity (Wildman–Crippen MR) is 41.4 cm³/mol. The minimum absolute atomic E-state index is 1.03. The summed E-state index contributed by atoms with van der Waals surface area (Å²) in [7, 11) is 1.03. The smallest absolute Gasteiger partial charge is 0.104 e. The van der Waals surface area contributed by atoms with E-state index in [1.54, 1.807) is 0 Å². The van der Waals surface area contributed by atoms with Gasteiger partial charge in [0.15, 0.2) is 0 Å². The normalized spacial score (nSPS) is 7.27. The topological polar surface area (TPSA) is 46.2 Å². The number of benzene rings is 1. The molecular weight excluding hydrogens is 194 g/mol. The van der Waals surface area contributed by atoms with Crippen LogP contribution < -0.4 is 4.98 Å². The van der Waals surface area contributed by atoms with Gasteiger partial charge < -0.3 is 4.98 Å². The molecule has 0 aliphatic rings. The fourth-order valence-electron chi connectivity index (χ4n) is 0.605. The molecule has 0 radical (unpaired) electrons. The Labute approximate surface area is 77.3 Å². The van der Waals surface area contributed by atoms with E-state index in [4.69, 9.17) is 6.65 Å². The van der Waals surface area contributed by atoms with Gasteiger partial charge in [-0.1, -0.05) is 18.2 Å². The third-order valence-corrected chi connectivity index (χ3v) is 1.64. The van der Waals surface area contributed by atoms with Gasteiger partial charge in [-0.25, -0.2) is 0 Å². The van der Waals surface area contributed by atoms with Crippen LogP contribution in [0, 0.1) is 0 Å². The van der Waals surface area contributed by atoms with Gasteiger partial charge in [0.05, 0.1) is 0 Å². The summed E-state index contributed by atoms with van der Waals surface area (Å²) in [6, 6.07) is 10.2. The average molecular weight is 203 g/mol. The second-order valence-corrected chi connectivity index (χ2v) is 2.46. The first kappa shape index (κ1) is 10.6. The molecule has 58 valence electrons. The van der Waals surface area contributed by atoms with Crippen molar-refractivity contribution >= 4 is 16.1 Å². The van der Waals surface area contributed by atoms with Crippen LogP contribution in [0.4, 0.5) is 5.69 Å². The molecule has 0 aliphatic heterocycles. The Kier molecular flexibility index (Phi) is 7.34. The third kappa shape index (κ3) is 5.97. The van der Waals surface area contributed by atoms with Crippen molar-refractivity contribution in [2.45, 2.75) is 0 Å². The molecule has 1 aromatic carbocycles. The summed E-state index contributed by atoms with van der Waals surface area (Å²) in [5, 5.41) is 0. The van der Waals surface area contributed by atoms with Crippen molar-refractivity contribution in [2.75, 3.05) is 4.98 Å². The number of hydrogen-bond donors (Lipinski definition) is 1. The quantitative estimate of drug-likeness (QED) is 0.660. The molecule has 0 saturated carbocycles. The summed E-state index contributed by atoms with van der Waals surface area (Å²) in [5.74, 6) is 0. The molecule has 5 heteroatoms. The number of hydrogen-bond acceptors (Lipinski definition) is 3. The molecular formula is C6H9NO2SiTi. The molecule has 0 fully saturated rings. The van der Waals surface area contributed by atoms with Crippen LogP contribution in [-0.2, 0) is 25.7 Å². The Bertz CT molecular complexity index is 223. The maximum absolute atomic E-state index is 8.50. The Morgan fingerprint density at radius 3 is 1.91 bits per heavy atom. The van der Waals surface area contributed by atoms with E-state index < -0.39 is 19.1 Å². The van der Waals surface area contributed by atoms with Crippen molar-refractivity contribution in [3.05, 3.63) is 30.3 Å². The fourth-order valence-corrected chi connectivity index (χ4v) is 0.938. The number of nitrogens with one attached hydrogen (secondary N) is 1. The summed E-state index contributed by atoms with van der Waals surface area (Å²) in [5.41, 5.74) is 1.22. The van der Waals surface area contributed by atoms with E-state index in [1.807, 2.05) is 18.2 Å². The van der Waals surface area contributed by atoms with Gasteiger partial charge in [0.25, 0.3) is 0 Å². The SMILES string of the molecule is [O]=[Ti]=[O].[SiH3]Nc1ccccc1. The molecule has 1 N–H and O–H groups in total. The molecule has 0 heterocycles. The van der Waals surface area contributed by atoms with Gasteiger partial charge in [0, 0.05) is 5.69 Å². The van der Waals surface area contributed by atoms with Crippen molar-refractivity contribution in [2.24, 2.45) is 0 Å². The molecule has 1 rings (SSSR count). The van der Waals surface area contributed by atoms with Crippen LogP contribution in [0.3, 0.4) is 0 Å². The predicted octanol–water partition coefficient (Wildman–Crippen LogP) is 0.139. The van der Waals surface area contributed by atoms with E-state index in [1.165, 1.54) is 5.69 Å². The Hall–Kier alpha value is -0.449. The summed E-state index contributed by atoms with van der Waals surface area (Å²) in [6.07, 6.45) is 0. The van der Waals surface area contributed by atoms with Gasteiger partial charge in [0.2, 0.25) is 0 Å². The van der Waals surface area contributed by atoms with Crippen molar-refractivity contribution < 1.29 is 25.7 Å². The summed E-state index contributed by atoms with van der Waals surface area (Å²) >= 11 is -2.00. The Morgan fingerprint density at radius 2 is 1.64 bits per heavy atom. The minimum atomic E-state index is -2.00. The van der Waals surface area contributed by atoms with Crippen molar-refractivity contribution in [3.8, 4) is 0 Å². The molecule has 11 heavy (non-hydrogen) atoms. The van der Waals surface area contributed by atoms with Gasteiger partial charge in [0.1, 0.15) is 10.4 Å². The van der Waals surface area contributed by atoms with Crippen molar-refractivity contribution in [3.63, 3.8) is 0 Å². The molecule has 0 spiro atoms. The molecule has 0 atom stereocenters. The first-order chi connectivity index (χ1) is 5.35. The zero-order chi connectivity index (χ0) is 8.53. The van der Waals surface area contributed by atoms with Gasteiger partial charge in [-0.2, -0.15) is 0 Å². The first-order valence-electron chi connectivity index (χ1n) is 3.07. The summed E-state index contributed by atoms with van der Waals surface area (Å²) < 4.78 is 17.0. The number of rotatable bonds is 1. The molecule has 0 aromatic heterocycles. The van der Waals surface area contributed by atoms with Gasteiger partial charge in [-0.3, -0.25) is 0 Å².